The van der Waals surface area contributed by atoms with Crippen LogP contribution in [0.2, 0.25) is 0 Å². The maximum absolute atomic E-state index is 10.4. The van der Waals surface area contributed by atoms with Gasteiger partial charge in [-0.25, -0.2) is 0 Å². The van der Waals surface area contributed by atoms with Crippen LogP contribution in [0.4, 0.5) is 0 Å². The molecule has 0 aliphatic heterocycles. The normalized spacial score (nSPS) is 9.73. The number of carbonyl (C=O) groups excluding carboxylic acids is 8. The Kier molecular flexibility index (Phi) is 43.4. The summed E-state index contributed by atoms with van der Waals surface area (Å²) < 4.78 is 0. The van der Waals surface area contributed by atoms with E-state index >= 15 is 0 Å². The van der Waals surface area contributed by atoms with Crippen molar-refractivity contribution in [3.8, 4) is 0 Å². The molecule has 0 saturated heterocycles. The molecule has 0 heterocycles. The molecule has 0 aliphatic carbocycles. The summed E-state index contributed by atoms with van der Waals surface area (Å²) in [6, 6.07) is 0. The summed E-state index contributed by atoms with van der Waals surface area (Å²) in [7, 11) is 0. The van der Waals surface area contributed by atoms with E-state index in [1.54, 1.807) is 0 Å². The van der Waals surface area contributed by atoms with Crippen LogP contribution in [0.25, 0.3) is 0 Å². The second-order valence-electron chi connectivity index (χ2n) is 7.82. The first kappa shape index (κ1) is 56.9. The van der Waals surface area contributed by atoms with Gasteiger partial charge in [-0.2, -0.15) is 0 Å². The van der Waals surface area contributed by atoms with Crippen LogP contribution in [0.1, 0.15) is 0 Å². The molecule has 0 unspecified atom stereocenters. The van der Waals surface area contributed by atoms with Gasteiger partial charge in [0.15, 0.2) is 0 Å². The zero-order valence-electron chi connectivity index (χ0n) is 23.6. The Hall–Kier alpha value is 0.639. The number of carboxylic acids is 8. The van der Waals surface area contributed by atoms with Gasteiger partial charge in [0, 0.05) is 78.5 Å². The first-order chi connectivity index (χ1) is 18.4. The molecule has 0 spiro atoms. The molecule has 20 nitrogen and oxygen atoms in total. The molecule has 44 heavy (non-hydrogen) atoms. The van der Waals surface area contributed by atoms with Gasteiger partial charge in [-0.15, -0.1) is 0 Å². The first-order valence-corrected chi connectivity index (χ1v) is 10.9. The van der Waals surface area contributed by atoms with Crippen LogP contribution in [0.5, 0.6) is 0 Å². The minimum Gasteiger partial charge on any atom is -0.549 e. The van der Waals surface area contributed by atoms with Crippen molar-refractivity contribution in [1.29, 1.82) is 0 Å². The third-order valence-electron chi connectivity index (χ3n) is 4.29. The summed E-state index contributed by atoms with van der Waals surface area (Å²) in [5.74, 6) is -12.2. The first-order valence-electron chi connectivity index (χ1n) is 10.9. The van der Waals surface area contributed by atoms with E-state index in [1.807, 2.05) is 0 Å². The molecule has 0 aromatic heterocycles. The molecule has 0 rings (SSSR count). The summed E-state index contributed by atoms with van der Waals surface area (Å²) in [5.41, 5.74) is 0. The minimum absolute atomic E-state index is 0. The summed E-state index contributed by atoms with van der Waals surface area (Å²) in [6.45, 7) is -6.50. The zero-order valence-corrected chi connectivity index (χ0v) is 32.5. The summed E-state index contributed by atoms with van der Waals surface area (Å²) in [5, 5.41) is 83.2. The van der Waals surface area contributed by atoms with Gasteiger partial charge in [-0.3, -0.25) is 19.6 Å². The molecule has 0 fully saturated rings. The van der Waals surface area contributed by atoms with Gasteiger partial charge in [0.05, 0.1) is 47.8 Å². The Morgan fingerprint density at radius 2 is 0.364 bits per heavy atom. The van der Waals surface area contributed by atoms with Crippen molar-refractivity contribution >= 4 is 199 Å². The van der Waals surface area contributed by atoms with Crippen LogP contribution >= 0.6 is 0 Å². The van der Waals surface area contributed by atoms with E-state index in [2.05, 4.69) is 0 Å². The number of carboxylic acid groups (broad SMARTS) is 8. The van der Waals surface area contributed by atoms with Gasteiger partial charge >= 0.3 is 151 Å². The molecule has 24 heteroatoms. The van der Waals surface area contributed by atoms with Crippen LogP contribution < -0.4 is 40.9 Å². The Bertz CT molecular complexity index is 722. The smallest absolute Gasteiger partial charge is 0.549 e. The zero-order chi connectivity index (χ0) is 31.4. The predicted molar refractivity (Wildman–Crippen MR) is 129 cm³/mol. The number of rotatable bonds is 22. The SMILES string of the molecule is O=C([O-])CN(CCN(CC(=O)[O-])CC(=O)[O-])CC(=O)[O-].O=C([O-])CN(CCN(CC(=O)[O-])CC(=O)[O-])CC(=O)[O-].[Ca+2].[Ca+2].[Ca+2].[Ca+2]. The van der Waals surface area contributed by atoms with Crippen molar-refractivity contribution in [2.24, 2.45) is 0 Å². The molecule has 0 saturated carbocycles. The monoisotopic (exact) mass is 736 g/mol. The maximum atomic E-state index is 10.4. The van der Waals surface area contributed by atoms with Crippen LogP contribution in [-0.2, 0) is 38.4 Å². The number of hydrogen-bond acceptors (Lipinski definition) is 20. The van der Waals surface area contributed by atoms with Crippen LogP contribution in [-0.4, -0.2) is 297 Å². The van der Waals surface area contributed by atoms with Crippen molar-refractivity contribution in [1.82, 2.24) is 19.6 Å². The van der Waals surface area contributed by atoms with Gasteiger partial charge in [0.1, 0.15) is 0 Å². The van der Waals surface area contributed by atoms with E-state index in [9.17, 15) is 79.2 Å². The average molecular weight is 737 g/mol. The molecule has 228 valence electrons. The van der Waals surface area contributed by atoms with Gasteiger partial charge in [-0.05, 0) is 0 Å². The maximum Gasteiger partial charge on any atom is 2.00 e. The minimum atomic E-state index is -1.53. The molecular weight excluding hydrogens is 713 g/mol. The third-order valence-corrected chi connectivity index (χ3v) is 4.29. The number of hydrogen-bond donors (Lipinski definition) is 0. The fourth-order valence-corrected chi connectivity index (χ4v) is 2.88. The number of nitrogens with zero attached hydrogens (tertiary/aromatic N) is 4. The van der Waals surface area contributed by atoms with Crippen molar-refractivity contribution in [2.75, 3.05) is 78.5 Å². The summed E-state index contributed by atoms with van der Waals surface area (Å²) in [6.07, 6.45) is 0. The van der Waals surface area contributed by atoms with Crippen molar-refractivity contribution in [3.05, 3.63) is 0 Å². The Balaban J connectivity index is -0.000000150. The van der Waals surface area contributed by atoms with E-state index in [0.29, 0.717) is 0 Å². The molecule has 0 atom stereocenters. The van der Waals surface area contributed by atoms with Gasteiger partial charge in [0.25, 0.3) is 0 Å². The standard InChI is InChI=1S/2C10H16N2O8.4Ca/c2*13-7(14)3-11(4-8(15)16)1-2-12(5-9(17)18)6-10(19)20;;;;/h2*1-6H2,(H,13,14)(H,15,16)(H,17,18)(H,19,20);;;;/q;;4*+2/p-8. The fourth-order valence-electron chi connectivity index (χ4n) is 2.88. The molecule has 0 radical (unpaired) electrons. The molecule has 0 bridgehead atoms. The van der Waals surface area contributed by atoms with Crippen molar-refractivity contribution < 1.29 is 79.2 Å². The molecule has 0 aliphatic rings. The third kappa shape index (κ3) is 40.7. The number of aliphatic carboxylic acids is 8. The predicted octanol–water partition coefficient (Wildman–Crippen LogP) is -16.3. The van der Waals surface area contributed by atoms with E-state index in [4.69, 9.17) is 0 Å². The van der Waals surface area contributed by atoms with Gasteiger partial charge in [0.2, 0.25) is 0 Å². The van der Waals surface area contributed by atoms with Crippen LogP contribution in [0.3, 0.4) is 0 Å². The van der Waals surface area contributed by atoms with Crippen molar-refractivity contribution in [2.45, 2.75) is 0 Å². The Morgan fingerprint density at radius 3 is 0.432 bits per heavy atom. The van der Waals surface area contributed by atoms with E-state index < -0.39 is 100 Å². The second kappa shape index (κ2) is 33.5. The number of carbonyl (C=O) groups is 8. The van der Waals surface area contributed by atoms with Crippen LogP contribution in [0.15, 0.2) is 0 Å². The second-order valence-corrected chi connectivity index (χ2v) is 7.82. The van der Waals surface area contributed by atoms with Gasteiger partial charge in [-0.1, -0.05) is 0 Å². The molecule has 0 aromatic rings. The Labute approximate surface area is 370 Å². The van der Waals surface area contributed by atoms with Crippen LogP contribution in [0, 0.1) is 0 Å². The quantitative estimate of drug-likeness (QED) is 0.0931. The summed E-state index contributed by atoms with van der Waals surface area (Å²) in [4.78, 5) is 86.8. The van der Waals surface area contributed by atoms with Crippen molar-refractivity contribution in [3.63, 3.8) is 0 Å². The van der Waals surface area contributed by atoms with E-state index in [0.717, 1.165) is 19.6 Å². The largest absolute Gasteiger partial charge is 2.00 e. The topological polar surface area (TPSA) is 334 Å². The molecular formula is C20H24Ca4N4O16. The fraction of sp³-hybridized carbons (Fsp3) is 0.600. The Morgan fingerprint density at radius 1 is 0.273 bits per heavy atom. The van der Waals surface area contributed by atoms with Gasteiger partial charge < -0.3 is 79.2 Å². The average Bonchev–Trinajstić information content (AvgIpc) is 2.72. The molecule has 0 aromatic carbocycles. The van der Waals surface area contributed by atoms with E-state index in [-0.39, 0.29) is 177 Å². The van der Waals surface area contributed by atoms with E-state index in [1.165, 1.54) is 0 Å². The summed E-state index contributed by atoms with van der Waals surface area (Å²) >= 11 is 0. The molecule has 0 N–H and O–H groups in total. The molecule has 0 amide bonds.